The van der Waals surface area contributed by atoms with Crippen LogP contribution in [0.15, 0.2) is 0 Å². The lowest BCUT2D eigenvalue weighted by Crippen LogP contribution is -2.17. The number of unbranched alkanes of at least 4 members (excludes halogenated alkanes) is 1. The van der Waals surface area contributed by atoms with E-state index in [0.717, 1.165) is 39.1 Å². The molecule has 0 atom stereocenters. The molecule has 0 aromatic heterocycles. The molecule has 90 valence electrons. The van der Waals surface area contributed by atoms with Crippen molar-refractivity contribution in [3.63, 3.8) is 0 Å². The molecule has 1 saturated carbocycles. The zero-order chi connectivity index (χ0) is 10.8. The van der Waals surface area contributed by atoms with E-state index in [9.17, 15) is 0 Å². The second kappa shape index (κ2) is 9.17. The Bertz CT molecular complexity index is 130. The maximum absolute atomic E-state index is 5.83. The van der Waals surface area contributed by atoms with Crippen LogP contribution in [0.25, 0.3) is 0 Å². The average Bonchev–Trinajstić information content (AvgIpc) is 2.29. The van der Waals surface area contributed by atoms with E-state index >= 15 is 0 Å². The maximum atomic E-state index is 5.83. The smallest absolute Gasteiger partial charge is 0.0575 e. The van der Waals surface area contributed by atoms with Gasteiger partial charge in [0.2, 0.25) is 0 Å². The summed E-state index contributed by atoms with van der Waals surface area (Å²) in [5.41, 5.74) is 0. The number of ether oxygens (including phenoxy) is 2. The van der Waals surface area contributed by atoms with Crippen molar-refractivity contribution in [3.05, 3.63) is 0 Å². The first-order valence-corrected chi connectivity index (χ1v) is 6.63. The van der Waals surface area contributed by atoms with Crippen LogP contribution in [0.3, 0.4) is 0 Å². The van der Waals surface area contributed by atoms with Gasteiger partial charge in [0.1, 0.15) is 0 Å². The topological polar surface area (TPSA) is 18.5 Å². The molecular weight excluding hydrogens is 188 g/mol. The summed E-state index contributed by atoms with van der Waals surface area (Å²) in [5, 5.41) is 0. The van der Waals surface area contributed by atoms with Crippen LogP contribution in [-0.4, -0.2) is 25.9 Å². The van der Waals surface area contributed by atoms with Crippen LogP contribution in [0.4, 0.5) is 0 Å². The minimum atomic E-state index is 0.565. The minimum absolute atomic E-state index is 0.565. The second-order valence-electron chi connectivity index (χ2n) is 4.45. The van der Waals surface area contributed by atoms with Crippen molar-refractivity contribution in [3.8, 4) is 0 Å². The lowest BCUT2D eigenvalue weighted by Gasteiger charge is -2.21. The molecule has 15 heavy (non-hydrogen) atoms. The second-order valence-corrected chi connectivity index (χ2v) is 4.45. The third kappa shape index (κ3) is 6.91. The normalized spacial score (nSPS) is 18.2. The number of hydrogen-bond acceptors (Lipinski definition) is 2. The van der Waals surface area contributed by atoms with Gasteiger partial charge in [0.15, 0.2) is 0 Å². The molecule has 0 N–H and O–H groups in total. The van der Waals surface area contributed by atoms with Crippen LogP contribution < -0.4 is 0 Å². The zero-order valence-electron chi connectivity index (χ0n) is 10.2. The van der Waals surface area contributed by atoms with Crippen molar-refractivity contribution in [1.82, 2.24) is 0 Å². The summed E-state index contributed by atoms with van der Waals surface area (Å²) < 4.78 is 11.3. The number of rotatable bonds is 8. The Labute approximate surface area is 94.3 Å². The Hall–Kier alpha value is -0.0800. The van der Waals surface area contributed by atoms with Crippen molar-refractivity contribution in [2.75, 3.05) is 19.8 Å². The Morgan fingerprint density at radius 2 is 1.67 bits per heavy atom. The van der Waals surface area contributed by atoms with Crippen LogP contribution in [0.2, 0.25) is 0 Å². The van der Waals surface area contributed by atoms with Gasteiger partial charge in [0.05, 0.1) is 6.10 Å². The first-order chi connectivity index (χ1) is 7.43. The van der Waals surface area contributed by atoms with Crippen molar-refractivity contribution in [2.24, 2.45) is 0 Å². The van der Waals surface area contributed by atoms with Gasteiger partial charge in [0, 0.05) is 19.8 Å². The van der Waals surface area contributed by atoms with Gasteiger partial charge < -0.3 is 9.47 Å². The van der Waals surface area contributed by atoms with Crippen molar-refractivity contribution in [1.29, 1.82) is 0 Å². The molecule has 0 radical (unpaired) electrons. The Kier molecular flexibility index (Phi) is 7.94. The fourth-order valence-electron chi connectivity index (χ4n) is 2.03. The van der Waals surface area contributed by atoms with Gasteiger partial charge in [-0.1, -0.05) is 26.2 Å². The van der Waals surface area contributed by atoms with Gasteiger partial charge in [-0.2, -0.15) is 0 Å². The summed E-state index contributed by atoms with van der Waals surface area (Å²) in [6.07, 6.45) is 10.7. The molecule has 0 aliphatic heterocycles. The first kappa shape index (κ1) is 13.0. The molecular formula is C13H26O2. The molecule has 0 bridgehead atoms. The monoisotopic (exact) mass is 214 g/mol. The van der Waals surface area contributed by atoms with Crippen molar-refractivity contribution < 1.29 is 9.47 Å². The zero-order valence-corrected chi connectivity index (χ0v) is 10.2. The fourth-order valence-corrected chi connectivity index (χ4v) is 2.03. The van der Waals surface area contributed by atoms with E-state index in [1.165, 1.54) is 32.1 Å². The van der Waals surface area contributed by atoms with E-state index in [-0.39, 0.29) is 0 Å². The lowest BCUT2D eigenvalue weighted by atomic mass is 9.98. The molecule has 1 rings (SSSR count). The van der Waals surface area contributed by atoms with Crippen LogP contribution in [0.1, 0.15) is 58.3 Å². The summed E-state index contributed by atoms with van der Waals surface area (Å²) in [6, 6.07) is 0. The molecule has 0 unspecified atom stereocenters. The van der Waals surface area contributed by atoms with E-state index < -0.39 is 0 Å². The molecule has 1 fully saturated rings. The molecule has 1 aliphatic carbocycles. The highest BCUT2D eigenvalue weighted by molar-refractivity contribution is 4.64. The average molecular weight is 214 g/mol. The van der Waals surface area contributed by atoms with Gasteiger partial charge >= 0.3 is 0 Å². The summed E-state index contributed by atoms with van der Waals surface area (Å²) in [5.74, 6) is 0. The Morgan fingerprint density at radius 3 is 2.40 bits per heavy atom. The molecule has 0 aromatic carbocycles. The number of hydrogen-bond donors (Lipinski definition) is 0. The van der Waals surface area contributed by atoms with Crippen LogP contribution in [0, 0.1) is 0 Å². The predicted molar refractivity (Wildman–Crippen MR) is 63.2 cm³/mol. The van der Waals surface area contributed by atoms with E-state index in [4.69, 9.17) is 9.47 Å². The van der Waals surface area contributed by atoms with Crippen LogP contribution >= 0.6 is 0 Å². The van der Waals surface area contributed by atoms with Crippen molar-refractivity contribution >= 4 is 0 Å². The summed E-state index contributed by atoms with van der Waals surface area (Å²) >= 11 is 0. The van der Waals surface area contributed by atoms with Gasteiger partial charge in [-0.25, -0.2) is 0 Å². The molecule has 2 heteroatoms. The molecule has 1 aliphatic rings. The third-order valence-corrected chi connectivity index (χ3v) is 2.94. The van der Waals surface area contributed by atoms with E-state index in [2.05, 4.69) is 6.92 Å². The van der Waals surface area contributed by atoms with E-state index in [1.807, 2.05) is 0 Å². The highest BCUT2D eigenvalue weighted by atomic mass is 16.5. The minimum Gasteiger partial charge on any atom is -0.381 e. The Balaban J connectivity index is 1.79. The quantitative estimate of drug-likeness (QED) is 0.575. The first-order valence-electron chi connectivity index (χ1n) is 6.63. The predicted octanol–water partition coefficient (Wildman–Crippen LogP) is 3.54. The van der Waals surface area contributed by atoms with E-state index in [1.54, 1.807) is 0 Å². The van der Waals surface area contributed by atoms with Crippen molar-refractivity contribution in [2.45, 2.75) is 64.4 Å². The molecule has 0 heterocycles. The summed E-state index contributed by atoms with van der Waals surface area (Å²) in [7, 11) is 0. The molecule has 0 saturated heterocycles. The lowest BCUT2D eigenvalue weighted by molar-refractivity contribution is 0.0226. The molecule has 0 aromatic rings. The standard InChI is InChI=1S/C13H26O2/c1-2-10-14-11-6-7-12-15-13-8-4-3-5-9-13/h13H,2-12H2,1H3. The Morgan fingerprint density at radius 1 is 0.933 bits per heavy atom. The largest absolute Gasteiger partial charge is 0.381 e. The van der Waals surface area contributed by atoms with Crippen LogP contribution in [-0.2, 0) is 9.47 Å². The highest BCUT2D eigenvalue weighted by Gasteiger charge is 2.12. The third-order valence-electron chi connectivity index (χ3n) is 2.94. The summed E-state index contributed by atoms with van der Waals surface area (Å²) in [6.45, 7) is 4.89. The van der Waals surface area contributed by atoms with Gasteiger partial charge in [0.25, 0.3) is 0 Å². The van der Waals surface area contributed by atoms with E-state index in [0.29, 0.717) is 6.10 Å². The molecule has 2 nitrogen and oxygen atoms in total. The fraction of sp³-hybridized carbons (Fsp3) is 1.00. The van der Waals surface area contributed by atoms with Gasteiger partial charge in [-0.3, -0.25) is 0 Å². The maximum Gasteiger partial charge on any atom is 0.0575 e. The SMILES string of the molecule is CCCOCCCCOC1CCCCC1. The summed E-state index contributed by atoms with van der Waals surface area (Å²) in [4.78, 5) is 0. The highest BCUT2D eigenvalue weighted by Crippen LogP contribution is 2.20. The van der Waals surface area contributed by atoms with Gasteiger partial charge in [-0.05, 0) is 32.1 Å². The molecule has 0 spiro atoms. The van der Waals surface area contributed by atoms with Gasteiger partial charge in [-0.15, -0.1) is 0 Å². The molecule has 0 amide bonds. The van der Waals surface area contributed by atoms with Crippen LogP contribution in [0.5, 0.6) is 0 Å².